The van der Waals surface area contributed by atoms with Gasteiger partial charge in [0.25, 0.3) is 0 Å². The molecule has 0 unspecified atom stereocenters. The molecule has 0 amide bonds. The van der Waals surface area contributed by atoms with Gasteiger partial charge in [-0.05, 0) is 19.3 Å². The number of carboxylic acid groups (broad SMARTS) is 1. The fourth-order valence-electron chi connectivity index (χ4n) is 3.63. The highest BCUT2D eigenvalue weighted by Crippen LogP contribution is 2.66. The molecular weight excluding hydrogens is 168 g/mol. The zero-order valence-corrected chi connectivity index (χ0v) is 7.53. The van der Waals surface area contributed by atoms with Crippen LogP contribution in [0.3, 0.4) is 0 Å². The molecule has 13 heavy (non-hydrogen) atoms. The minimum atomic E-state index is -0.591. The molecule has 0 radical (unpaired) electrons. The molecule has 1 N–H and O–H groups in total. The number of hydrogen-bond acceptors (Lipinski definition) is 2. The number of aliphatic carboxylic acids is 1. The molecule has 1 spiro atoms. The summed E-state index contributed by atoms with van der Waals surface area (Å²) >= 11 is 0. The smallest absolute Gasteiger partial charge is 0.307 e. The van der Waals surface area contributed by atoms with Crippen molar-refractivity contribution in [2.75, 3.05) is 6.61 Å². The largest absolute Gasteiger partial charge is 0.481 e. The minimum absolute atomic E-state index is 0.0625. The first-order valence-electron chi connectivity index (χ1n) is 5.10. The number of carbonyl (C=O) groups is 1. The zero-order chi connectivity index (χ0) is 9.05. The third-order valence-corrected chi connectivity index (χ3v) is 4.30. The number of ether oxygens (including phenoxy) is 1. The molecule has 1 heterocycles. The second-order valence-electron chi connectivity index (χ2n) is 4.65. The van der Waals surface area contributed by atoms with E-state index in [1.165, 1.54) is 6.42 Å². The van der Waals surface area contributed by atoms with Crippen molar-refractivity contribution < 1.29 is 14.6 Å². The molecular formula is C10H14O3. The van der Waals surface area contributed by atoms with Crippen molar-refractivity contribution >= 4 is 5.97 Å². The Labute approximate surface area is 77.1 Å². The molecule has 3 rings (SSSR count). The summed E-state index contributed by atoms with van der Waals surface area (Å²) < 4.78 is 5.63. The molecule has 0 aromatic rings. The van der Waals surface area contributed by atoms with Crippen LogP contribution in [0.1, 0.15) is 25.7 Å². The van der Waals surface area contributed by atoms with Crippen LogP contribution < -0.4 is 0 Å². The van der Waals surface area contributed by atoms with Gasteiger partial charge in [0.15, 0.2) is 0 Å². The third-order valence-electron chi connectivity index (χ3n) is 4.30. The molecule has 1 saturated heterocycles. The average Bonchev–Trinajstić information content (AvgIpc) is 2.30. The van der Waals surface area contributed by atoms with E-state index >= 15 is 0 Å². The lowest BCUT2D eigenvalue weighted by Gasteiger charge is -2.61. The summed E-state index contributed by atoms with van der Waals surface area (Å²) in [5, 5.41) is 9.13. The summed E-state index contributed by atoms with van der Waals surface area (Å²) in [6, 6.07) is 0. The van der Waals surface area contributed by atoms with E-state index in [-0.39, 0.29) is 11.3 Å². The summed E-state index contributed by atoms with van der Waals surface area (Å²) in [7, 11) is 0. The second-order valence-corrected chi connectivity index (χ2v) is 4.65. The highest BCUT2D eigenvalue weighted by Gasteiger charge is 2.69. The van der Waals surface area contributed by atoms with Crippen LogP contribution in [-0.2, 0) is 9.53 Å². The SMILES string of the molecule is O=C(O)[C@@H]1[C@@H]2CCO[C@H]2C12CCC2. The maximum absolute atomic E-state index is 11.1. The van der Waals surface area contributed by atoms with E-state index < -0.39 is 5.97 Å². The molecule has 3 aliphatic rings. The van der Waals surface area contributed by atoms with Crippen molar-refractivity contribution in [2.24, 2.45) is 17.3 Å². The van der Waals surface area contributed by atoms with Crippen molar-refractivity contribution in [3.05, 3.63) is 0 Å². The Morgan fingerprint density at radius 1 is 1.46 bits per heavy atom. The molecule has 0 bridgehead atoms. The summed E-state index contributed by atoms with van der Waals surface area (Å²) in [5.41, 5.74) is 0.0625. The predicted molar refractivity (Wildman–Crippen MR) is 45.3 cm³/mol. The van der Waals surface area contributed by atoms with E-state index in [2.05, 4.69) is 0 Å². The van der Waals surface area contributed by atoms with E-state index in [0.29, 0.717) is 12.0 Å². The third kappa shape index (κ3) is 0.725. The number of hydrogen-bond donors (Lipinski definition) is 1. The van der Waals surface area contributed by atoms with E-state index in [4.69, 9.17) is 9.84 Å². The Balaban J connectivity index is 1.89. The van der Waals surface area contributed by atoms with Crippen LogP contribution in [0.2, 0.25) is 0 Å². The normalized spacial score (nSPS) is 45.1. The van der Waals surface area contributed by atoms with Crippen LogP contribution in [0.5, 0.6) is 0 Å². The van der Waals surface area contributed by atoms with Gasteiger partial charge in [-0.3, -0.25) is 4.79 Å². The number of carboxylic acids is 1. The average molecular weight is 182 g/mol. The fourth-order valence-corrected chi connectivity index (χ4v) is 3.63. The van der Waals surface area contributed by atoms with E-state index in [9.17, 15) is 4.79 Å². The maximum Gasteiger partial charge on any atom is 0.307 e. The maximum atomic E-state index is 11.1. The lowest BCUT2D eigenvalue weighted by molar-refractivity contribution is -0.214. The first kappa shape index (κ1) is 7.80. The topological polar surface area (TPSA) is 46.5 Å². The molecule has 1 aliphatic heterocycles. The van der Waals surface area contributed by atoms with Crippen LogP contribution in [0.25, 0.3) is 0 Å². The van der Waals surface area contributed by atoms with Crippen molar-refractivity contribution in [3.8, 4) is 0 Å². The van der Waals surface area contributed by atoms with Crippen LogP contribution in [0.15, 0.2) is 0 Å². The Hall–Kier alpha value is -0.570. The predicted octanol–water partition coefficient (Wildman–Crippen LogP) is 1.28. The van der Waals surface area contributed by atoms with Gasteiger partial charge >= 0.3 is 5.97 Å². The molecule has 3 atom stereocenters. The zero-order valence-electron chi connectivity index (χ0n) is 7.53. The van der Waals surface area contributed by atoms with Crippen molar-refractivity contribution in [2.45, 2.75) is 31.8 Å². The fraction of sp³-hybridized carbons (Fsp3) is 0.900. The van der Waals surface area contributed by atoms with Gasteiger partial charge in [-0.1, -0.05) is 6.42 Å². The van der Waals surface area contributed by atoms with E-state index in [0.717, 1.165) is 25.9 Å². The van der Waals surface area contributed by atoms with Crippen LogP contribution in [0.4, 0.5) is 0 Å². The highest BCUT2D eigenvalue weighted by atomic mass is 16.5. The summed E-state index contributed by atoms with van der Waals surface area (Å²) in [6.07, 6.45) is 4.60. The molecule has 2 saturated carbocycles. The second kappa shape index (κ2) is 2.27. The van der Waals surface area contributed by atoms with Gasteiger partial charge in [-0.15, -0.1) is 0 Å². The summed E-state index contributed by atoms with van der Waals surface area (Å²) in [4.78, 5) is 11.1. The Kier molecular flexibility index (Phi) is 1.36. The van der Waals surface area contributed by atoms with Crippen LogP contribution >= 0.6 is 0 Å². The Morgan fingerprint density at radius 3 is 2.77 bits per heavy atom. The molecule has 2 aliphatic carbocycles. The molecule has 3 nitrogen and oxygen atoms in total. The monoisotopic (exact) mass is 182 g/mol. The van der Waals surface area contributed by atoms with Gasteiger partial charge in [-0.25, -0.2) is 0 Å². The van der Waals surface area contributed by atoms with Crippen LogP contribution in [-0.4, -0.2) is 23.8 Å². The summed E-state index contributed by atoms with van der Waals surface area (Å²) in [5.74, 6) is -0.349. The van der Waals surface area contributed by atoms with Crippen LogP contribution in [0, 0.1) is 17.3 Å². The standard InChI is InChI=1S/C10H14O3/c11-9(12)7-6-2-5-13-8(6)10(7)3-1-4-10/h6-8H,1-5H2,(H,11,12)/t6-,7-,8+/m0/s1. The molecule has 3 heteroatoms. The van der Waals surface area contributed by atoms with Gasteiger partial charge in [0.2, 0.25) is 0 Å². The molecule has 3 fully saturated rings. The number of fused-ring (bicyclic) bond motifs is 2. The summed E-state index contributed by atoms with van der Waals surface area (Å²) in [6.45, 7) is 0.779. The van der Waals surface area contributed by atoms with Gasteiger partial charge < -0.3 is 9.84 Å². The van der Waals surface area contributed by atoms with Crippen molar-refractivity contribution in [3.63, 3.8) is 0 Å². The first-order valence-corrected chi connectivity index (χ1v) is 5.10. The van der Waals surface area contributed by atoms with Gasteiger partial charge in [0.1, 0.15) is 0 Å². The van der Waals surface area contributed by atoms with Gasteiger partial charge in [0, 0.05) is 17.9 Å². The van der Waals surface area contributed by atoms with E-state index in [1.54, 1.807) is 0 Å². The Bertz CT molecular complexity index is 257. The highest BCUT2D eigenvalue weighted by molar-refractivity contribution is 5.74. The van der Waals surface area contributed by atoms with Crippen molar-refractivity contribution in [1.29, 1.82) is 0 Å². The van der Waals surface area contributed by atoms with Gasteiger partial charge in [-0.2, -0.15) is 0 Å². The quantitative estimate of drug-likeness (QED) is 0.664. The van der Waals surface area contributed by atoms with E-state index in [1.807, 2.05) is 0 Å². The first-order chi connectivity index (χ1) is 6.26. The van der Waals surface area contributed by atoms with Crippen molar-refractivity contribution in [1.82, 2.24) is 0 Å². The molecule has 0 aromatic carbocycles. The lowest BCUT2D eigenvalue weighted by atomic mass is 9.43. The van der Waals surface area contributed by atoms with Gasteiger partial charge in [0.05, 0.1) is 12.0 Å². The number of rotatable bonds is 1. The lowest BCUT2D eigenvalue weighted by Crippen LogP contribution is -2.65. The molecule has 0 aromatic heterocycles. The molecule has 72 valence electrons. The Morgan fingerprint density at radius 2 is 2.23 bits per heavy atom. The minimum Gasteiger partial charge on any atom is -0.481 e.